The molecule has 0 bridgehead atoms. The van der Waals surface area contributed by atoms with Crippen molar-refractivity contribution in [3.63, 3.8) is 0 Å². The van der Waals surface area contributed by atoms with Crippen molar-refractivity contribution in [2.24, 2.45) is 0 Å². The normalized spacial score (nSPS) is 12.6. The predicted octanol–water partition coefficient (Wildman–Crippen LogP) is 5.15. The van der Waals surface area contributed by atoms with Crippen LogP contribution < -0.4 is 4.74 Å². The van der Waals surface area contributed by atoms with Crippen LogP contribution in [0.3, 0.4) is 0 Å². The topological polar surface area (TPSA) is 47.4 Å². The summed E-state index contributed by atoms with van der Waals surface area (Å²) in [5.74, 6) is 0.732. The molecule has 0 saturated carbocycles. The van der Waals surface area contributed by atoms with Gasteiger partial charge in [-0.05, 0) is 65.8 Å². The Bertz CT molecular complexity index is 1060. The monoisotopic (exact) mass is 459 g/mol. The Labute approximate surface area is 177 Å². The van der Waals surface area contributed by atoms with Crippen LogP contribution in [-0.4, -0.2) is 40.3 Å². The van der Waals surface area contributed by atoms with Gasteiger partial charge in [0.05, 0.1) is 23.0 Å². The average Bonchev–Trinajstić information content (AvgIpc) is 3.35. The van der Waals surface area contributed by atoms with E-state index in [0.717, 1.165) is 38.3 Å². The van der Waals surface area contributed by atoms with E-state index in [-0.39, 0.29) is 11.4 Å². The third-order valence-electron chi connectivity index (χ3n) is 5.25. The second-order valence-corrected chi connectivity index (χ2v) is 9.56. The summed E-state index contributed by atoms with van der Waals surface area (Å²) in [5, 5.41) is 8.83. The van der Waals surface area contributed by atoms with Gasteiger partial charge in [0.15, 0.2) is 5.69 Å². The molecule has 4 rings (SSSR count). The van der Waals surface area contributed by atoms with E-state index in [1.165, 1.54) is 0 Å². The minimum absolute atomic E-state index is 0.0587. The summed E-state index contributed by atoms with van der Waals surface area (Å²) < 4.78 is 8.26. The Morgan fingerprint density at radius 3 is 2.71 bits per heavy atom. The number of fused-ring (bicyclic) bond motifs is 3. The van der Waals surface area contributed by atoms with Gasteiger partial charge in [0.2, 0.25) is 0 Å². The number of amides is 1. The molecule has 1 aliphatic carbocycles. The van der Waals surface area contributed by atoms with Gasteiger partial charge >= 0.3 is 0 Å². The molecule has 2 heterocycles. The summed E-state index contributed by atoms with van der Waals surface area (Å²) >= 11 is 5.21. The van der Waals surface area contributed by atoms with Crippen LogP contribution >= 0.6 is 27.3 Å². The van der Waals surface area contributed by atoms with Crippen LogP contribution in [0.25, 0.3) is 16.9 Å². The number of aromatic nitrogens is 2. The van der Waals surface area contributed by atoms with E-state index in [2.05, 4.69) is 22.0 Å². The molecule has 1 amide bonds. The van der Waals surface area contributed by atoms with Gasteiger partial charge in [0.1, 0.15) is 5.75 Å². The SMILES string of the molecule is COc1cc2c(cc1Br)-c1c(c(C(=O)N(C)C(C)(C)C)nn1-c1ccsc1)C2. The number of hydrogen-bond donors (Lipinski definition) is 0. The fraction of sp³-hybridized carbons (Fsp3) is 0.333. The zero-order valence-electron chi connectivity index (χ0n) is 16.5. The third kappa shape index (κ3) is 2.97. The number of carbonyl (C=O) groups is 1. The average molecular weight is 460 g/mol. The van der Waals surface area contributed by atoms with Crippen LogP contribution in [0, 0.1) is 0 Å². The van der Waals surface area contributed by atoms with Crippen molar-refractivity contribution in [2.75, 3.05) is 14.2 Å². The van der Waals surface area contributed by atoms with Gasteiger partial charge < -0.3 is 9.64 Å². The fourth-order valence-corrected chi connectivity index (χ4v) is 4.52. The van der Waals surface area contributed by atoms with E-state index in [9.17, 15) is 4.79 Å². The van der Waals surface area contributed by atoms with Crippen LogP contribution in [0.2, 0.25) is 0 Å². The summed E-state index contributed by atoms with van der Waals surface area (Å²) in [4.78, 5) is 15.1. The van der Waals surface area contributed by atoms with Crippen LogP contribution in [-0.2, 0) is 6.42 Å². The summed E-state index contributed by atoms with van der Waals surface area (Å²) in [6.07, 6.45) is 0.664. The number of nitrogens with zero attached hydrogens (tertiary/aromatic N) is 3. The van der Waals surface area contributed by atoms with Crippen molar-refractivity contribution in [1.82, 2.24) is 14.7 Å². The molecule has 28 heavy (non-hydrogen) atoms. The quantitative estimate of drug-likeness (QED) is 0.425. The van der Waals surface area contributed by atoms with Crippen LogP contribution in [0.15, 0.2) is 33.4 Å². The highest BCUT2D eigenvalue weighted by molar-refractivity contribution is 9.10. The zero-order chi connectivity index (χ0) is 20.2. The van der Waals surface area contributed by atoms with E-state index >= 15 is 0 Å². The molecule has 1 aliphatic rings. The molecule has 3 aromatic rings. The van der Waals surface area contributed by atoms with E-state index < -0.39 is 0 Å². The maximum Gasteiger partial charge on any atom is 0.274 e. The van der Waals surface area contributed by atoms with Gasteiger partial charge in [-0.15, -0.1) is 0 Å². The number of hydrogen-bond acceptors (Lipinski definition) is 4. The first-order valence-electron chi connectivity index (χ1n) is 9.01. The molecule has 146 valence electrons. The Morgan fingerprint density at radius 1 is 1.36 bits per heavy atom. The predicted molar refractivity (Wildman–Crippen MR) is 116 cm³/mol. The standard InChI is InChI=1S/C21H22BrN3O2S/c1-21(2,3)24(4)20(26)18-15-8-12-9-17(27-5)16(22)10-14(12)19(15)25(23-18)13-6-7-28-11-13/h6-7,9-11H,8H2,1-5H3. The molecule has 0 saturated heterocycles. The van der Waals surface area contributed by atoms with Crippen molar-refractivity contribution in [2.45, 2.75) is 32.7 Å². The van der Waals surface area contributed by atoms with Crippen molar-refractivity contribution < 1.29 is 9.53 Å². The minimum Gasteiger partial charge on any atom is -0.496 e. The number of ether oxygens (including phenoxy) is 1. The Kier molecular flexibility index (Phi) is 4.62. The first kappa shape index (κ1) is 19.2. The second kappa shape index (κ2) is 6.74. The van der Waals surface area contributed by atoms with E-state index in [4.69, 9.17) is 9.84 Å². The Hall–Kier alpha value is -2.12. The lowest BCUT2D eigenvalue weighted by Gasteiger charge is -2.31. The van der Waals surface area contributed by atoms with Crippen LogP contribution in [0.1, 0.15) is 42.4 Å². The van der Waals surface area contributed by atoms with Gasteiger partial charge in [-0.2, -0.15) is 16.4 Å². The molecular formula is C21H22BrN3O2S. The van der Waals surface area contributed by atoms with Gasteiger partial charge in [-0.1, -0.05) is 0 Å². The first-order valence-corrected chi connectivity index (χ1v) is 10.8. The van der Waals surface area contributed by atoms with Crippen molar-refractivity contribution in [1.29, 1.82) is 0 Å². The number of methoxy groups -OCH3 is 1. The highest BCUT2D eigenvalue weighted by Gasteiger charge is 2.35. The molecule has 0 radical (unpaired) electrons. The molecule has 0 aliphatic heterocycles. The lowest BCUT2D eigenvalue weighted by molar-refractivity contribution is 0.0648. The lowest BCUT2D eigenvalue weighted by Crippen LogP contribution is -2.43. The number of rotatable bonds is 3. The Balaban J connectivity index is 1.92. The van der Waals surface area contributed by atoms with Gasteiger partial charge in [-0.25, -0.2) is 4.68 Å². The highest BCUT2D eigenvalue weighted by atomic mass is 79.9. The maximum absolute atomic E-state index is 13.3. The lowest BCUT2D eigenvalue weighted by atomic mass is 10.1. The molecule has 5 nitrogen and oxygen atoms in total. The Morgan fingerprint density at radius 2 is 2.11 bits per heavy atom. The van der Waals surface area contributed by atoms with Crippen molar-refractivity contribution >= 4 is 33.2 Å². The van der Waals surface area contributed by atoms with Crippen LogP contribution in [0.5, 0.6) is 5.75 Å². The van der Waals surface area contributed by atoms with E-state index in [1.54, 1.807) is 23.3 Å². The molecule has 2 aromatic heterocycles. The van der Waals surface area contributed by atoms with Gasteiger partial charge in [0.25, 0.3) is 5.91 Å². The second-order valence-electron chi connectivity index (χ2n) is 7.92. The number of halogens is 1. The molecule has 0 spiro atoms. The summed E-state index contributed by atoms with van der Waals surface area (Å²) in [6.45, 7) is 6.08. The molecule has 1 aromatic carbocycles. The molecule has 0 unspecified atom stereocenters. The summed E-state index contributed by atoms with van der Waals surface area (Å²) in [5.41, 5.74) is 5.39. The first-order chi connectivity index (χ1) is 13.2. The highest BCUT2D eigenvalue weighted by Crippen LogP contribution is 2.44. The van der Waals surface area contributed by atoms with Gasteiger partial charge in [0, 0.05) is 35.5 Å². The van der Waals surface area contributed by atoms with E-state index in [0.29, 0.717) is 12.1 Å². The molecular weight excluding hydrogens is 438 g/mol. The summed E-state index contributed by atoms with van der Waals surface area (Å²) in [7, 11) is 3.50. The fourth-order valence-electron chi connectivity index (χ4n) is 3.40. The minimum atomic E-state index is -0.284. The molecule has 0 atom stereocenters. The number of carbonyl (C=O) groups excluding carboxylic acids is 1. The zero-order valence-corrected chi connectivity index (χ0v) is 18.9. The van der Waals surface area contributed by atoms with Gasteiger partial charge in [-0.3, -0.25) is 4.79 Å². The smallest absolute Gasteiger partial charge is 0.274 e. The third-order valence-corrected chi connectivity index (χ3v) is 6.54. The largest absolute Gasteiger partial charge is 0.496 e. The van der Waals surface area contributed by atoms with Crippen molar-refractivity contribution in [3.8, 4) is 22.7 Å². The maximum atomic E-state index is 13.3. The molecule has 0 fully saturated rings. The van der Waals surface area contributed by atoms with Crippen molar-refractivity contribution in [3.05, 3.63) is 50.3 Å². The van der Waals surface area contributed by atoms with E-state index in [1.807, 2.05) is 55.4 Å². The summed E-state index contributed by atoms with van der Waals surface area (Å²) in [6, 6.07) is 6.13. The number of thiophene rings is 1. The molecule has 0 N–H and O–H groups in total. The van der Waals surface area contributed by atoms with Crippen LogP contribution in [0.4, 0.5) is 0 Å². The number of benzene rings is 1. The molecule has 7 heteroatoms.